The van der Waals surface area contributed by atoms with Crippen LogP contribution in [0.25, 0.3) is 0 Å². The number of carbonyl (C=O) groups is 1. The molecule has 0 fully saturated rings. The second-order valence-electron chi connectivity index (χ2n) is 4.25. The van der Waals surface area contributed by atoms with Gasteiger partial charge in [0.05, 0.1) is 15.3 Å². The smallest absolute Gasteiger partial charge is 0.387 e. The van der Waals surface area contributed by atoms with Gasteiger partial charge in [0.15, 0.2) is 0 Å². The summed E-state index contributed by atoms with van der Waals surface area (Å²) in [5, 5.41) is 2.78. The molecule has 1 aromatic heterocycles. The van der Waals surface area contributed by atoms with E-state index >= 15 is 0 Å². The number of hydrogen-bond acceptors (Lipinski definition) is 3. The van der Waals surface area contributed by atoms with Crippen molar-refractivity contribution in [2.45, 2.75) is 19.6 Å². The van der Waals surface area contributed by atoms with Crippen LogP contribution in [-0.4, -0.2) is 12.5 Å². The molecule has 1 aromatic carbocycles. The first-order valence-corrected chi connectivity index (χ1v) is 7.26. The molecule has 1 amide bonds. The summed E-state index contributed by atoms with van der Waals surface area (Å²) in [7, 11) is 0. The van der Waals surface area contributed by atoms with Crippen LogP contribution in [0.4, 0.5) is 8.78 Å². The number of alkyl halides is 2. The quantitative estimate of drug-likeness (QED) is 0.876. The molecule has 21 heavy (non-hydrogen) atoms. The number of hydrogen-bond donors (Lipinski definition) is 1. The molecule has 0 saturated carbocycles. The van der Waals surface area contributed by atoms with Crippen molar-refractivity contribution < 1.29 is 18.3 Å². The maximum absolute atomic E-state index is 12.2. The second kappa shape index (κ2) is 6.87. The molecule has 2 aromatic rings. The third-order valence-electron chi connectivity index (χ3n) is 2.73. The highest BCUT2D eigenvalue weighted by Crippen LogP contribution is 2.24. The van der Waals surface area contributed by atoms with Gasteiger partial charge in [-0.15, -0.1) is 11.3 Å². The normalized spacial score (nSPS) is 12.2. The Hall–Kier alpha value is -1.66. The van der Waals surface area contributed by atoms with Crippen LogP contribution in [-0.2, 0) is 0 Å². The Balaban J connectivity index is 2.06. The van der Waals surface area contributed by atoms with Gasteiger partial charge >= 0.3 is 6.61 Å². The van der Waals surface area contributed by atoms with Crippen LogP contribution in [0.2, 0.25) is 4.34 Å². The van der Waals surface area contributed by atoms with E-state index in [0.717, 1.165) is 0 Å². The molecular weight excluding hydrogens is 320 g/mol. The Morgan fingerprint density at radius 3 is 2.71 bits per heavy atom. The van der Waals surface area contributed by atoms with E-state index in [-0.39, 0.29) is 17.7 Å². The lowest BCUT2D eigenvalue weighted by Crippen LogP contribution is -2.25. The van der Waals surface area contributed by atoms with Crippen LogP contribution in [0.3, 0.4) is 0 Å². The third kappa shape index (κ3) is 4.41. The predicted octanol–water partition coefficient (Wildman–Crippen LogP) is 4.49. The fourth-order valence-electron chi connectivity index (χ4n) is 1.75. The molecule has 0 bridgehead atoms. The Morgan fingerprint density at radius 1 is 1.33 bits per heavy atom. The molecule has 1 heterocycles. The van der Waals surface area contributed by atoms with Gasteiger partial charge in [-0.2, -0.15) is 8.78 Å². The molecule has 2 rings (SSSR count). The minimum atomic E-state index is -2.88. The molecule has 0 spiro atoms. The monoisotopic (exact) mass is 331 g/mol. The van der Waals surface area contributed by atoms with Gasteiger partial charge in [0, 0.05) is 0 Å². The lowest BCUT2D eigenvalue weighted by molar-refractivity contribution is -0.0499. The van der Waals surface area contributed by atoms with E-state index in [1.54, 1.807) is 31.2 Å². The highest BCUT2D eigenvalue weighted by atomic mass is 35.5. The Bertz CT molecular complexity index is 633. The summed E-state index contributed by atoms with van der Waals surface area (Å²) in [4.78, 5) is 12.5. The molecule has 0 aliphatic carbocycles. The van der Waals surface area contributed by atoms with Gasteiger partial charge in [0.25, 0.3) is 5.91 Å². The Labute approximate surface area is 129 Å². The van der Waals surface area contributed by atoms with E-state index in [2.05, 4.69) is 10.1 Å². The van der Waals surface area contributed by atoms with Crippen molar-refractivity contribution in [3.63, 3.8) is 0 Å². The number of thiophene rings is 1. The van der Waals surface area contributed by atoms with E-state index in [9.17, 15) is 13.6 Å². The summed E-state index contributed by atoms with van der Waals surface area (Å²) in [5.74, 6) is -0.206. The zero-order valence-corrected chi connectivity index (χ0v) is 12.5. The van der Waals surface area contributed by atoms with Crippen molar-refractivity contribution in [2.75, 3.05) is 0 Å². The number of nitrogens with one attached hydrogen (secondary N) is 1. The van der Waals surface area contributed by atoms with Crippen molar-refractivity contribution in [3.8, 4) is 5.75 Å². The molecule has 1 atom stereocenters. The zero-order valence-electron chi connectivity index (χ0n) is 11.0. The van der Waals surface area contributed by atoms with Crippen LogP contribution in [0.15, 0.2) is 36.4 Å². The fourth-order valence-corrected chi connectivity index (χ4v) is 2.69. The fraction of sp³-hybridized carbons (Fsp3) is 0.214. The second-order valence-corrected chi connectivity index (χ2v) is 5.96. The highest BCUT2D eigenvalue weighted by molar-refractivity contribution is 7.17. The predicted molar refractivity (Wildman–Crippen MR) is 78.3 cm³/mol. The van der Waals surface area contributed by atoms with Crippen LogP contribution >= 0.6 is 22.9 Å². The van der Waals surface area contributed by atoms with Crippen LogP contribution in [0, 0.1) is 0 Å². The minimum absolute atomic E-state index is 0.0581. The van der Waals surface area contributed by atoms with E-state index in [0.29, 0.717) is 14.8 Å². The maximum atomic E-state index is 12.2. The molecule has 3 nitrogen and oxygen atoms in total. The van der Waals surface area contributed by atoms with Crippen LogP contribution in [0.5, 0.6) is 5.75 Å². The lowest BCUT2D eigenvalue weighted by Gasteiger charge is -2.15. The van der Waals surface area contributed by atoms with E-state index in [4.69, 9.17) is 11.6 Å². The van der Waals surface area contributed by atoms with Gasteiger partial charge in [-0.3, -0.25) is 4.79 Å². The van der Waals surface area contributed by atoms with E-state index in [1.165, 1.54) is 23.5 Å². The summed E-state index contributed by atoms with van der Waals surface area (Å²) in [6.07, 6.45) is 0. The van der Waals surface area contributed by atoms with Crippen molar-refractivity contribution in [2.24, 2.45) is 0 Å². The molecule has 0 aliphatic rings. The van der Waals surface area contributed by atoms with Gasteiger partial charge in [-0.25, -0.2) is 0 Å². The number of carbonyl (C=O) groups excluding carboxylic acids is 1. The molecule has 1 N–H and O–H groups in total. The molecule has 112 valence electrons. The van der Waals surface area contributed by atoms with Crippen LogP contribution in [0.1, 0.15) is 28.2 Å². The standard InChI is InChI=1S/C14H12ClF2NO2S/c1-8(18-13(19)11-5-6-12(15)21-11)9-3-2-4-10(7-9)20-14(16)17/h2-8,14H,1H3,(H,18,19). The highest BCUT2D eigenvalue weighted by Gasteiger charge is 2.14. The van der Waals surface area contributed by atoms with Gasteiger partial charge < -0.3 is 10.1 Å². The first-order valence-electron chi connectivity index (χ1n) is 6.06. The molecule has 0 saturated heterocycles. The number of amides is 1. The largest absolute Gasteiger partial charge is 0.435 e. The Kier molecular flexibility index (Phi) is 5.14. The molecular formula is C14H12ClF2NO2S. The number of ether oxygens (including phenoxy) is 1. The van der Waals surface area contributed by atoms with Crippen LogP contribution < -0.4 is 10.1 Å². The van der Waals surface area contributed by atoms with Crippen molar-refractivity contribution in [3.05, 3.63) is 51.2 Å². The summed E-state index contributed by atoms with van der Waals surface area (Å²) in [6, 6.07) is 9.15. The number of benzene rings is 1. The SMILES string of the molecule is CC(NC(=O)c1ccc(Cl)s1)c1cccc(OC(F)F)c1. The lowest BCUT2D eigenvalue weighted by atomic mass is 10.1. The maximum Gasteiger partial charge on any atom is 0.387 e. The van der Waals surface area contributed by atoms with Crippen molar-refractivity contribution >= 4 is 28.8 Å². The van der Waals surface area contributed by atoms with Crippen molar-refractivity contribution in [1.82, 2.24) is 5.32 Å². The summed E-state index contributed by atoms with van der Waals surface area (Å²) >= 11 is 6.95. The van der Waals surface area contributed by atoms with Gasteiger partial charge in [-0.05, 0) is 36.8 Å². The number of rotatable bonds is 5. The molecule has 0 radical (unpaired) electrons. The minimum Gasteiger partial charge on any atom is -0.435 e. The Morgan fingerprint density at radius 2 is 2.10 bits per heavy atom. The summed E-state index contributed by atoms with van der Waals surface area (Å²) < 4.78 is 29.2. The first kappa shape index (κ1) is 15.7. The topological polar surface area (TPSA) is 38.3 Å². The summed E-state index contributed by atoms with van der Waals surface area (Å²) in [6.45, 7) is -1.12. The van der Waals surface area contributed by atoms with Crippen molar-refractivity contribution in [1.29, 1.82) is 0 Å². The summed E-state index contributed by atoms with van der Waals surface area (Å²) in [5.41, 5.74) is 0.671. The molecule has 0 aliphatic heterocycles. The molecule has 7 heteroatoms. The number of halogens is 3. The zero-order chi connectivity index (χ0) is 15.4. The average molecular weight is 332 g/mol. The van der Waals surface area contributed by atoms with Gasteiger partial charge in [0.1, 0.15) is 5.75 Å². The van der Waals surface area contributed by atoms with E-state index < -0.39 is 6.61 Å². The van der Waals surface area contributed by atoms with E-state index in [1.807, 2.05) is 0 Å². The van der Waals surface area contributed by atoms with Gasteiger partial charge in [0.2, 0.25) is 0 Å². The first-order chi connectivity index (χ1) is 9.95. The van der Waals surface area contributed by atoms with Gasteiger partial charge in [-0.1, -0.05) is 23.7 Å². The molecule has 1 unspecified atom stereocenters. The third-order valence-corrected chi connectivity index (χ3v) is 3.96. The average Bonchev–Trinajstić information content (AvgIpc) is 2.85.